The monoisotopic (exact) mass is 509 g/mol. The van der Waals surface area contributed by atoms with Crippen molar-refractivity contribution in [2.75, 3.05) is 25.4 Å². The first-order valence-electron chi connectivity index (χ1n) is 10.2. The van der Waals surface area contributed by atoms with E-state index in [4.69, 9.17) is 0 Å². The van der Waals surface area contributed by atoms with E-state index >= 15 is 0 Å². The predicted octanol–water partition coefficient (Wildman–Crippen LogP) is 3.63. The number of carbonyl (C=O) groups excluding carboxylic acids is 1. The van der Waals surface area contributed by atoms with Gasteiger partial charge in [0.15, 0.2) is 0 Å². The molecule has 0 radical (unpaired) electrons. The Labute approximate surface area is 192 Å². The van der Waals surface area contributed by atoms with Crippen LogP contribution in [0.5, 0.6) is 0 Å². The first kappa shape index (κ1) is 25.9. The summed E-state index contributed by atoms with van der Waals surface area (Å²) in [7, 11) is -3.61. The number of nitrogens with one attached hydrogen (secondary N) is 1. The standard InChI is InChI=1S/C21H21F6N3O3S/c1-2-34(32,33)30-8-5-20(6-9-30,18-14(21(25,26)27)4-3-7-28-18)12-29-19(31)17-15(23)10-13(22)11-16(17)24/h3-4,7,10-11H,2,5-6,8-9,12H2,1H3,(H,29,31). The van der Waals surface area contributed by atoms with Gasteiger partial charge in [0, 0.05) is 43.4 Å². The van der Waals surface area contributed by atoms with E-state index < -0.39 is 68.3 Å². The van der Waals surface area contributed by atoms with E-state index in [-0.39, 0.29) is 31.7 Å². The zero-order valence-electron chi connectivity index (χ0n) is 17.9. The number of carbonyl (C=O) groups is 1. The van der Waals surface area contributed by atoms with Crippen molar-refractivity contribution >= 4 is 15.9 Å². The molecular formula is C21H21F6N3O3S. The van der Waals surface area contributed by atoms with Crippen LogP contribution in [0, 0.1) is 17.5 Å². The van der Waals surface area contributed by atoms with Gasteiger partial charge in [0.2, 0.25) is 10.0 Å². The molecule has 13 heteroatoms. The number of benzene rings is 1. The van der Waals surface area contributed by atoms with Crippen molar-refractivity contribution in [1.29, 1.82) is 0 Å². The van der Waals surface area contributed by atoms with Gasteiger partial charge in [-0.1, -0.05) is 0 Å². The summed E-state index contributed by atoms with van der Waals surface area (Å²) in [6.07, 6.45) is -3.92. The number of hydrogen-bond acceptors (Lipinski definition) is 4. The second kappa shape index (κ2) is 9.53. The Hall–Kier alpha value is -2.67. The fourth-order valence-electron chi connectivity index (χ4n) is 4.03. The molecule has 1 aliphatic rings. The highest BCUT2D eigenvalue weighted by atomic mass is 32.2. The molecule has 34 heavy (non-hydrogen) atoms. The lowest BCUT2D eigenvalue weighted by atomic mass is 9.74. The van der Waals surface area contributed by atoms with Gasteiger partial charge in [-0.05, 0) is 31.9 Å². The summed E-state index contributed by atoms with van der Waals surface area (Å²) in [6, 6.07) is 2.53. The maximum Gasteiger partial charge on any atom is 0.418 e. The third-order valence-corrected chi connectivity index (χ3v) is 7.76. The second-order valence-electron chi connectivity index (χ2n) is 7.90. The Bertz CT molecular complexity index is 1160. The summed E-state index contributed by atoms with van der Waals surface area (Å²) in [5, 5.41) is 2.24. The van der Waals surface area contributed by atoms with Crippen LogP contribution in [0.4, 0.5) is 26.3 Å². The van der Waals surface area contributed by atoms with Crippen molar-refractivity contribution in [3.05, 3.63) is 64.7 Å². The summed E-state index contributed by atoms with van der Waals surface area (Å²) in [5.41, 5.74) is -4.03. The summed E-state index contributed by atoms with van der Waals surface area (Å²) >= 11 is 0. The van der Waals surface area contributed by atoms with Gasteiger partial charge >= 0.3 is 6.18 Å². The molecule has 1 saturated heterocycles. The molecule has 1 aliphatic heterocycles. The first-order chi connectivity index (χ1) is 15.8. The molecule has 186 valence electrons. The largest absolute Gasteiger partial charge is 0.418 e. The van der Waals surface area contributed by atoms with Crippen LogP contribution in [-0.4, -0.2) is 49.0 Å². The van der Waals surface area contributed by atoms with Gasteiger partial charge in [0.25, 0.3) is 5.91 Å². The van der Waals surface area contributed by atoms with Crippen LogP contribution in [0.25, 0.3) is 0 Å². The molecule has 0 saturated carbocycles. The zero-order chi connectivity index (χ0) is 25.3. The normalized spacial score (nSPS) is 16.9. The second-order valence-corrected chi connectivity index (χ2v) is 10.2. The van der Waals surface area contributed by atoms with Crippen LogP contribution >= 0.6 is 0 Å². The molecule has 2 heterocycles. The number of sulfonamides is 1. The molecule has 0 spiro atoms. The van der Waals surface area contributed by atoms with Crippen LogP contribution in [0.3, 0.4) is 0 Å². The molecule has 0 bridgehead atoms. The van der Waals surface area contributed by atoms with Crippen molar-refractivity contribution in [2.45, 2.75) is 31.4 Å². The molecule has 1 fully saturated rings. The Morgan fingerprint density at radius 1 is 1.15 bits per heavy atom. The number of aromatic nitrogens is 1. The molecule has 1 aromatic carbocycles. The Balaban J connectivity index is 1.97. The number of piperidine rings is 1. The number of alkyl halides is 3. The average Bonchev–Trinajstić information content (AvgIpc) is 2.76. The maximum atomic E-state index is 14.0. The van der Waals surface area contributed by atoms with E-state index in [1.165, 1.54) is 6.92 Å². The molecule has 0 aliphatic carbocycles. The van der Waals surface area contributed by atoms with E-state index in [0.717, 1.165) is 22.6 Å². The minimum absolute atomic E-state index is 0.138. The highest BCUT2D eigenvalue weighted by Gasteiger charge is 2.46. The predicted molar refractivity (Wildman–Crippen MR) is 110 cm³/mol. The topological polar surface area (TPSA) is 79.4 Å². The number of nitrogens with zero attached hydrogens (tertiary/aromatic N) is 2. The average molecular weight is 509 g/mol. The first-order valence-corrected chi connectivity index (χ1v) is 11.8. The Morgan fingerprint density at radius 2 is 1.74 bits per heavy atom. The Morgan fingerprint density at radius 3 is 2.26 bits per heavy atom. The quantitative estimate of drug-likeness (QED) is 0.604. The highest BCUT2D eigenvalue weighted by Crippen LogP contribution is 2.42. The van der Waals surface area contributed by atoms with Crippen LogP contribution < -0.4 is 5.32 Å². The molecule has 1 N–H and O–H groups in total. The van der Waals surface area contributed by atoms with Crippen molar-refractivity contribution in [3.8, 4) is 0 Å². The zero-order valence-corrected chi connectivity index (χ0v) is 18.7. The highest BCUT2D eigenvalue weighted by molar-refractivity contribution is 7.89. The number of pyridine rings is 1. The summed E-state index contributed by atoms with van der Waals surface area (Å²) in [4.78, 5) is 16.4. The van der Waals surface area contributed by atoms with E-state index in [1.54, 1.807) is 0 Å². The third-order valence-electron chi connectivity index (χ3n) is 5.87. The summed E-state index contributed by atoms with van der Waals surface area (Å²) in [5.74, 6) is -5.67. The third kappa shape index (κ3) is 5.19. The van der Waals surface area contributed by atoms with Gasteiger partial charge in [-0.2, -0.15) is 13.2 Å². The van der Waals surface area contributed by atoms with Gasteiger partial charge < -0.3 is 5.32 Å². The fourth-order valence-corrected chi connectivity index (χ4v) is 5.13. The summed E-state index contributed by atoms with van der Waals surface area (Å²) < 4.78 is 108. The minimum Gasteiger partial charge on any atom is -0.351 e. The van der Waals surface area contributed by atoms with Gasteiger partial charge in [-0.25, -0.2) is 25.9 Å². The van der Waals surface area contributed by atoms with Crippen LogP contribution in [0.1, 0.15) is 41.4 Å². The fraction of sp³-hybridized carbons (Fsp3) is 0.429. The molecule has 0 unspecified atom stereocenters. The molecular weight excluding hydrogens is 488 g/mol. The molecule has 3 rings (SSSR count). The number of halogens is 6. The van der Waals surface area contributed by atoms with Crippen molar-refractivity contribution in [2.24, 2.45) is 0 Å². The SMILES string of the molecule is CCS(=O)(=O)N1CCC(CNC(=O)c2c(F)cc(F)cc2F)(c2ncccc2C(F)(F)F)CC1. The van der Waals surface area contributed by atoms with Gasteiger partial charge in [0.05, 0.1) is 17.0 Å². The van der Waals surface area contributed by atoms with E-state index in [0.29, 0.717) is 12.1 Å². The van der Waals surface area contributed by atoms with Crippen LogP contribution in [0.2, 0.25) is 0 Å². The molecule has 0 atom stereocenters. The lowest BCUT2D eigenvalue weighted by molar-refractivity contribution is -0.139. The van der Waals surface area contributed by atoms with Crippen molar-refractivity contribution in [1.82, 2.24) is 14.6 Å². The lowest BCUT2D eigenvalue weighted by Gasteiger charge is -2.41. The van der Waals surface area contributed by atoms with Crippen molar-refractivity contribution in [3.63, 3.8) is 0 Å². The maximum absolute atomic E-state index is 14.0. The van der Waals surface area contributed by atoms with Gasteiger partial charge in [0.1, 0.15) is 23.0 Å². The minimum atomic E-state index is -4.79. The Kier molecular flexibility index (Phi) is 7.27. The number of rotatable bonds is 6. The van der Waals surface area contributed by atoms with Gasteiger partial charge in [-0.3, -0.25) is 9.78 Å². The smallest absolute Gasteiger partial charge is 0.351 e. The van der Waals surface area contributed by atoms with Crippen LogP contribution in [-0.2, 0) is 21.6 Å². The van der Waals surface area contributed by atoms with E-state index in [1.807, 2.05) is 0 Å². The lowest BCUT2D eigenvalue weighted by Crippen LogP contribution is -2.51. The molecule has 2 aromatic rings. The number of hydrogen-bond donors (Lipinski definition) is 1. The molecule has 1 aromatic heterocycles. The number of amides is 1. The molecule has 1 amide bonds. The van der Waals surface area contributed by atoms with Crippen molar-refractivity contribution < 1.29 is 39.6 Å². The van der Waals surface area contributed by atoms with E-state index in [2.05, 4.69) is 10.3 Å². The summed E-state index contributed by atoms with van der Waals surface area (Å²) in [6.45, 7) is 0.643. The van der Waals surface area contributed by atoms with Crippen LogP contribution in [0.15, 0.2) is 30.5 Å². The molecule has 6 nitrogen and oxygen atoms in total. The van der Waals surface area contributed by atoms with Gasteiger partial charge in [-0.15, -0.1) is 0 Å². The van der Waals surface area contributed by atoms with E-state index in [9.17, 15) is 39.6 Å².